The lowest BCUT2D eigenvalue weighted by Crippen LogP contribution is -2.12. The Morgan fingerprint density at radius 3 is 2.50 bits per heavy atom. The maximum Gasteiger partial charge on any atom is 0.420 e. The standard InChI is InChI=1S/C7H6F3NO3/c8-7(9,10)3-2-14-4(1-11)5(3)6(12)13/h2H,1,11H2,(H,12,13). The van der Waals surface area contributed by atoms with Crippen LogP contribution in [0.3, 0.4) is 0 Å². The van der Waals surface area contributed by atoms with Gasteiger partial charge in [0.25, 0.3) is 0 Å². The summed E-state index contributed by atoms with van der Waals surface area (Å²) in [6, 6.07) is 0. The van der Waals surface area contributed by atoms with Crippen LogP contribution >= 0.6 is 0 Å². The zero-order chi connectivity index (χ0) is 10.9. The van der Waals surface area contributed by atoms with E-state index in [1.54, 1.807) is 0 Å². The quantitative estimate of drug-likeness (QED) is 0.772. The third-order valence-electron chi connectivity index (χ3n) is 1.57. The van der Waals surface area contributed by atoms with Gasteiger partial charge in [0.1, 0.15) is 23.2 Å². The van der Waals surface area contributed by atoms with Crippen LogP contribution in [0.2, 0.25) is 0 Å². The van der Waals surface area contributed by atoms with Crippen LogP contribution in [-0.4, -0.2) is 11.1 Å². The molecule has 3 N–H and O–H groups in total. The highest BCUT2D eigenvalue weighted by Gasteiger charge is 2.39. The van der Waals surface area contributed by atoms with Crippen molar-refractivity contribution < 1.29 is 27.5 Å². The predicted molar refractivity (Wildman–Crippen MR) is 38.6 cm³/mol. The number of hydrogen-bond acceptors (Lipinski definition) is 3. The van der Waals surface area contributed by atoms with Crippen molar-refractivity contribution in [1.29, 1.82) is 0 Å². The second-order valence-corrected chi connectivity index (χ2v) is 2.45. The molecule has 0 bridgehead atoms. The van der Waals surface area contributed by atoms with Gasteiger partial charge in [0.15, 0.2) is 0 Å². The van der Waals surface area contributed by atoms with Crippen LogP contribution in [0.15, 0.2) is 10.7 Å². The van der Waals surface area contributed by atoms with Gasteiger partial charge in [-0.1, -0.05) is 0 Å². The molecule has 0 radical (unpaired) electrons. The number of carbonyl (C=O) groups is 1. The van der Waals surface area contributed by atoms with E-state index in [1.807, 2.05) is 0 Å². The molecule has 0 saturated heterocycles. The van der Waals surface area contributed by atoms with Crippen molar-refractivity contribution in [2.45, 2.75) is 12.7 Å². The number of nitrogens with two attached hydrogens (primary N) is 1. The van der Waals surface area contributed by atoms with Gasteiger partial charge in [-0.15, -0.1) is 0 Å². The van der Waals surface area contributed by atoms with Gasteiger partial charge in [-0.2, -0.15) is 13.2 Å². The fraction of sp³-hybridized carbons (Fsp3) is 0.286. The Morgan fingerprint density at radius 1 is 1.57 bits per heavy atom. The summed E-state index contributed by atoms with van der Waals surface area (Å²) in [4.78, 5) is 10.5. The summed E-state index contributed by atoms with van der Waals surface area (Å²) in [5.74, 6) is -2.09. The normalized spacial score (nSPS) is 11.7. The van der Waals surface area contributed by atoms with Crippen molar-refractivity contribution in [2.75, 3.05) is 0 Å². The molecule has 0 aliphatic carbocycles. The minimum absolute atomic E-state index is 0.353. The van der Waals surface area contributed by atoms with Gasteiger partial charge >= 0.3 is 12.1 Å². The fourth-order valence-corrected chi connectivity index (χ4v) is 0.991. The third kappa shape index (κ3) is 1.72. The average Bonchev–Trinajstić information content (AvgIpc) is 2.45. The van der Waals surface area contributed by atoms with Crippen molar-refractivity contribution >= 4 is 5.97 Å². The van der Waals surface area contributed by atoms with Gasteiger partial charge < -0.3 is 15.3 Å². The molecule has 0 atom stereocenters. The maximum atomic E-state index is 12.2. The Labute approximate surface area is 76.1 Å². The highest BCUT2D eigenvalue weighted by Crippen LogP contribution is 2.34. The van der Waals surface area contributed by atoms with E-state index >= 15 is 0 Å². The number of furan rings is 1. The van der Waals surface area contributed by atoms with Crippen LogP contribution < -0.4 is 5.73 Å². The van der Waals surface area contributed by atoms with Crippen LogP contribution in [0, 0.1) is 0 Å². The van der Waals surface area contributed by atoms with Gasteiger partial charge in [0, 0.05) is 0 Å². The molecular weight excluding hydrogens is 203 g/mol. The molecule has 1 rings (SSSR count). The first-order chi connectivity index (χ1) is 6.38. The van der Waals surface area contributed by atoms with Crippen molar-refractivity contribution in [3.63, 3.8) is 0 Å². The van der Waals surface area contributed by atoms with Crippen LogP contribution in [0.5, 0.6) is 0 Å². The molecule has 0 spiro atoms. The van der Waals surface area contributed by atoms with E-state index in [0.29, 0.717) is 6.26 Å². The summed E-state index contributed by atoms with van der Waals surface area (Å²) in [7, 11) is 0. The van der Waals surface area contributed by atoms with E-state index < -0.39 is 29.8 Å². The predicted octanol–water partition coefficient (Wildman–Crippen LogP) is 1.46. The minimum Gasteiger partial charge on any atom is -0.478 e. The third-order valence-corrected chi connectivity index (χ3v) is 1.57. The monoisotopic (exact) mass is 209 g/mol. The lowest BCUT2D eigenvalue weighted by atomic mass is 10.1. The Bertz CT molecular complexity index is 356. The number of hydrogen-bond donors (Lipinski definition) is 2. The van der Waals surface area contributed by atoms with E-state index in [1.165, 1.54) is 0 Å². The number of aromatic carboxylic acids is 1. The molecule has 7 heteroatoms. The molecule has 1 heterocycles. The molecule has 14 heavy (non-hydrogen) atoms. The number of carboxylic acids is 1. The second kappa shape index (κ2) is 3.33. The molecule has 0 aliphatic rings. The van der Waals surface area contributed by atoms with Crippen molar-refractivity contribution in [3.8, 4) is 0 Å². The van der Waals surface area contributed by atoms with Crippen molar-refractivity contribution in [1.82, 2.24) is 0 Å². The van der Waals surface area contributed by atoms with Gasteiger partial charge in [-0.05, 0) is 0 Å². The zero-order valence-corrected chi connectivity index (χ0v) is 6.76. The topological polar surface area (TPSA) is 76.5 Å². The summed E-state index contributed by atoms with van der Waals surface area (Å²) in [6.07, 6.45) is -4.39. The molecule has 0 saturated carbocycles. The molecule has 4 nitrogen and oxygen atoms in total. The molecule has 78 valence electrons. The van der Waals surface area contributed by atoms with Crippen molar-refractivity contribution in [2.24, 2.45) is 5.73 Å². The van der Waals surface area contributed by atoms with E-state index in [4.69, 9.17) is 10.8 Å². The number of rotatable bonds is 2. The maximum absolute atomic E-state index is 12.2. The van der Waals surface area contributed by atoms with Gasteiger partial charge in [0.05, 0.1) is 6.54 Å². The van der Waals surface area contributed by atoms with E-state index in [2.05, 4.69) is 4.42 Å². The smallest absolute Gasteiger partial charge is 0.420 e. The summed E-state index contributed by atoms with van der Waals surface area (Å²) >= 11 is 0. The van der Waals surface area contributed by atoms with E-state index in [-0.39, 0.29) is 5.76 Å². The number of alkyl halides is 3. The molecule has 0 fully saturated rings. The van der Waals surface area contributed by atoms with E-state index in [0.717, 1.165) is 0 Å². The van der Waals surface area contributed by atoms with E-state index in [9.17, 15) is 18.0 Å². The van der Waals surface area contributed by atoms with Crippen LogP contribution in [0.1, 0.15) is 21.7 Å². The largest absolute Gasteiger partial charge is 0.478 e. The molecule has 0 aromatic carbocycles. The first-order valence-corrected chi connectivity index (χ1v) is 3.48. The first-order valence-electron chi connectivity index (χ1n) is 3.48. The highest BCUT2D eigenvalue weighted by atomic mass is 19.4. The van der Waals surface area contributed by atoms with Crippen LogP contribution in [0.4, 0.5) is 13.2 Å². The van der Waals surface area contributed by atoms with Crippen LogP contribution in [-0.2, 0) is 12.7 Å². The summed E-state index contributed by atoms with van der Waals surface area (Å²) in [5.41, 5.74) is 2.79. The summed E-state index contributed by atoms with van der Waals surface area (Å²) in [5, 5.41) is 8.51. The number of halogens is 3. The molecule has 0 aliphatic heterocycles. The lowest BCUT2D eigenvalue weighted by Gasteiger charge is -2.03. The molecule has 1 aromatic rings. The Hall–Kier alpha value is -1.50. The lowest BCUT2D eigenvalue weighted by molar-refractivity contribution is -0.138. The van der Waals surface area contributed by atoms with Gasteiger partial charge in [0.2, 0.25) is 0 Å². The van der Waals surface area contributed by atoms with Gasteiger partial charge in [-0.25, -0.2) is 4.79 Å². The Kier molecular flexibility index (Phi) is 2.52. The second-order valence-electron chi connectivity index (χ2n) is 2.45. The minimum atomic E-state index is -4.75. The van der Waals surface area contributed by atoms with Gasteiger partial charge in [-0.3, -0.25) is 0 Å². The molecule has 0 unspecified atom stereocenters. The number of carboxylic acid groups (broad SMARTS) is 1. The molecule has 1 aromatic heterocycles. The zero-order valence-electron chi connectivity index (χ0n) is 6.76. The Balaban J connectivity index is 3.32. The summed E-state index contributed by atoms with van der Waals surface area (Å²) in [6.45, 7) is -0.391. The average molecular weight is 209 g/mol. The first kappa shape index (κ1) is 10.6. The van der Waals surface area contributed by atoms with Crippen molar-refractivity contribution in [3.05, 3.63) is 23.2 Å². The summed E-state index contributed by atoms with van der Waals surface area (Å²) < 4.78 is 41.0. The van der Waals surface area contributed by atoms with Crippen LogP contribution in [0.25, 0.3) is 0 Å². The Morgan fingerprint density at radius 2 is 2.14 bits per heavy atom. The highest BCUT2D eigenvalue weighted by molar-refractivity contribution is 5.90. The molecular formula is C7H6F3NO3. The SMILES string of the molecule is NCc1occ(C(F)(F)F)c1C(=O)O. The molecule has 0 amide bonds. The fourth-order valence-electron chi connectivity index (χ4n) is 0.991.